The molecule has 0 spiro atoms. The number of benzene rings is 3. The van der Waals surface area contributed by atoms with E-state index in [2.05, 4.69) is 35.6 Å². The van der Waals surface area contributed by atoms with Crippen LogP contribution >= 0.6 is 12.4 Å². The Kier molecular flexibility index (Phi) is 7.67. The van der Waals surface area contributed by atoms with Crippen molar-refractivity contribution < 1.29 is 13.5 Å². The molecule has 5 heteroatoms. The SMILES string of the molecule is Cl.Fc1cc(F)c(OCc2ccccc2)c([C@@H]2C[C@H]2NC2CCC(c3ccccc3)CC2)c1. The van der Waals surface area contributed by atoms with Gasteiger partial charge in [0, 0.05) is 29.6 Å². The summed E-state index contributed by atoms with van der Waals surface area (Å²) in [4.78, 5) is 0. The monoisotopic (exact) mass is 469 g/mol. The molecule has 0 amide bonds. The average molecular weight is 470 g/mol. The number of halogens is 3. The molecular formula is C28H30ClF2NO. The van der Waals surface area contributed by atoms with E-state index in [-0.39, 0.29) is 36.7 Å². The van der Waals surface area contributed by atoms with E-state index < -0.39 is 11.6 Å². The van der Waals surface area contributed by atoms with Crippen LogP contribution < -0.4 is 10.1 Å². The van der Waals surface area contributed by atoms with Crippen LogP contribution in [-0.2, 0) is 6.61 Å². The fraction of sp³-hybridized carbons (Fsp3) is 0.357. The number of rotatable bonds is 7. The van der Waals surface area contributed by atoms with Crippen LogP contribution in [0.2, 0.25) is 0 Å². The van der Waals surface area contributed by atoms with E-state index >= 15 is 0 Å². The summed E-state index contributed by atoms with van der Waals surface area (Å²) in [7, 11) is 0. The van der Waals surface area contributed by atoms with Gasteiger partial charge in [-0.2, -0.15) is 0 Å². The summed E-state index contributed by atoms with van der Waals surface area (Å²) in [6.45, 7) is 0.269. The molecule has 0 heterocycles. The first-order valence-electron chi connectivity index (χ1n) is 11.6. The highest BCUT2D eigenvalue weighted by molar-refractivity contribution is 5.85. The first-order valence-corrected chi connectivity index (χ1v) is 11.6. The van der Waals surface area contributed by atoms with Gasteiger partial charge >= 0.3 is 0 Å². The second kappa shape index (κ2) is 10.7. The third-order valence-electron chi connectivity index (χ3n) is 6.90. The summed E-state index contributed by atoms with van der Waals surface area (Å²) in [5.74, 6) is -0.238. The smallest absolute Gasteiger partial charge is 0.168 e. The summed E-state index contributed by atoms with van der Waals surface area (Å²) in [5, 5.41) is 3.75. The van der Waals surface area contributed by atoms with Crippen molar-refractivity contribution in [1.82, 2.24) is 5.32 Å². The topological polar surface area (TPSA) is 21.3 Å². The Morgan fingerprint density at radius 1 is 0.848 bits per heavy atom. The third kappa shape index (κ3) is 5.74. The largest absolute Gasteiger partial charge is 0.486 e. The van der Waals surface area contributed by atoms with Crippen LogP contribution in [-0.4, -0.2) is 12.1 Å². The van der Waals surface area contributed by atoms with Gasteiger partial charge in [0.1, 0.15) is 12.4 Å². The van der Waals surface area contributed by atoms with Crippen LogP contribution in [0.5, 0.6) is 5.75 Å². The molecular weight excluding hydrogens is 440 g/mol. The van der Waals surface area contributed by atoms with Crippen molar-refractivity contribution in [2.24, 2.45) is 0 Å². The average Bonchev–Trinajstić information content (AvgIpc) is 3.59. The minimum Gasteiger partial charge on any atom is -0.486 e. The Morgan fingerprint density at radius 3 is 2.21 bits per heavy atom. The number of ether oxygens (including phenoxy) is 1. The molecule has 2 atom stereocenters. The van der Waals surface area contributed by atoms with Crippen molar-refractivity contribution in [3.05, 3.63) is 101 Å². The minimum atomic E-state index is -0.620. The molecule has 0 radical (unpaired) electrons. The van der Waals surface area contributed by atoms with E-state index in [0.717, 1.165) is 30.9 Å². The maximum absolute atomic E-state index is 14.6. The summed E-state index contributed by atoms with van der Waals surface area (Å²) >= 11 is 0. The molecule has 1 N–H and O–H groups in total. The maximum atomic E-state index is 14.6. The normalized spacial score (nSPS) is 24.1. The molecule has 2 aliphatic carbocycles. The Hall–Kier alpha value is -2.43. The van der Waals surface area contributed by atoms with Gasteiger partial charge in [0.2, 0.25) is 0 Å². The molecule has 2 fully saturated rings. The van der Waals surface area contributed by atoms with Crippen LogP contribution in [0.25, 0.3) is 0 Å². The van der Waals surface area contributed by atoms with Gasteiger partial charge in [-0.05, 0) is 55.2 Å². The lowest BCUT2D eigenvalue weighted by atomic mass is 9.82. The van der Waals surface area contributed by atoms with Crippen molar-refractivity contribution in [1.29, 1.82) is 0 Å². The highest BCUT2D eigenvalue weighted by Crippen LogP contribution is 2.47. The van der Waals surface area contributed by atoms with Crippen LogP contribution in [0, 0.1) is 11.6 Å². The molecule has 0 bridgehead atoms. The summed E-state index contributed by atoms with van der Waals surface area (Å²) in [6.07, 6.45) is 5.52. The second-order valence-corrected chi connectivity index (χ2v) is 9.15. The molecule has 0 saturated heterocycles. The molecule has 0 aromatic heterocycles. The van der Waals surface area contributed by atoms with Gasteiger partial charge in [0.05, 0.1) is 0 Å². The first-order chi connectivity index (χ1) is 15.7. The number of hydrogen-bond acceptors (Lipinski definition) is 2. The van der Waals surface area contributed by atoms with E-state index in [9.17, 15) is 8.78 Å². The van der Waals surface area contributed by atoms with E-state index in [4.69, 9.17) is 4.74 Å². The molecule has 2 nitrogen and oxygen atoms in total. The highest BCUT2D eigenvalue weighted by atomic mass is 35.5. The zero-order chi connectivity index (χ0) is 21.9. The van der Waals surface area contributed by atoms with Gasteiger partial charge in [-0.1, -0.05) is 60.7 Å². The van der Waals surface area contributed by atoms with Crippen molar-refractivity contribution in [3.63, 3.8) is 0 Å². The zero-order valence-electron chi connectivity index (χ0n) is 18.6. The Labute approximate surface area is 200 Å². The summed E-state index contributed by atoms with van der Waals surface area (Å²) in [5.41, 5.74) is 3.04. The standard InChI is InChI=1S/C28H29F2NO.ClH/c29-22-15-25(28(26(30)16-22)32-18-19-7-3-1-4-8-19)24-17-27(24)31-23-13-11-21(12-14-23)20-9-5-2-6-10-20;/h1-10,15-16,21,23-24,27,31H,11-14,17-18H2;1H/t21?,23?,24-,27+;/m0./s1. The van der Waals surface area contributed by atoms with E-state index in [0.29, 0.717) is 17.5 Å². The summed E-state index contributed by atoms with van der Waals surface area (Å²) in [6, 6.07) is 23.5. The molecule has 5 rings (SSSR count). The lowest BCUT2D eigenvalue weighted by Gasteiger charge is -2.29. The lowest BCUT2D eigenvalue weighted by Crippen LogP contribution is -2.34. The summed E-state index contributed by atoms with van der Waals surface area (Å²) < 4.78 is 34.5. The van der Waals surface area contributed by atoms with Crippen LogP contribution in [0.3, 0.4) is 0 Å². The van der Waals surface area contributed by atoms with Gasteiger partial charge in [0.15, 0.2) is 11.6 Å². The molecule has 3 aromatic rings. The molecule has 174 valence electrons. The highest BCUT2D eigenvalue weighted by Gasteiger charge is 2.42. The van der Waals surface area contributed by atoms with Crippen molar-refractivity contribution in [2.45, 2.75) is 62.6 Å². The predicted molar refractivity (Wildman–Crippen MR) is 130 cm³/mol. The van der Waals surface area contributed by atoms with E-state index in [1.54, 1.807) is 0 Å². The molecule has 2 aliphatic rings. The lowest BCUT2D eigenvalue weighted by molar-refractivity contribution is 0.285. The van der Waals surface area contributed by atoms with Crippen LogP contribution in [0.4, 0.5) is 8.78 Å². The quantitative estimate of drug-likeness (QED) is 0.397. The molecule has 3 aromatic carbocycles. The second-order valence-electron chi connectivity index (χ2n) is 9.15. The van der Waals surface area contributed by atoms with E-state index in [1.165, 1.54) is 24.5 Å². The van der Waals surface area contributed by atoms with Crippen LogP contribution in [0.1, 0.15) is 60.6 Å². The third-order valence-corrected chi connectivity index (χ3v) is 6.90. The minimum absolute atomic E-state index is 0. The van der Waals surface area contributed by atoms with Gasteiger partial charge in [0.25, 0.3) is 0 Å². The zero-order valence-corrected chi connectivity index (χ0v) is 19.4. The Morgan fingerprint density at radius 2 is 1.52 bits per heavy atom. The molecule has 33 heavy (non-hydrogen) atoms. The fourth-order valence-corrected chi connectivity index (χ4v) is 5.08. The van der Waals surface area contributed by atoms with Crippen molar-refractivity contribution in [2.75, 3.05) is 0 Å². The maximum Gasteiger partial charge on any atom is 0.168 e. The van der Waals surface area contributed by atoms with E-state index in [1.807, 2.05) is 30.3 Å². The van der Waals surface area contributed by atoms with Gasteiger partial charge in [-0.25, -0.2) is 8.78 Å². The molecule has 0 aliphatic heterocycles. The Balaban J connectivity index is 0.00000259. The number of nitrogens with one attached hydrogen (secondary N) is 1. The van der Waals surface area contributed by atoms with Crippen molar-refractivity contribution >= 4 is 12.4 Å². The predicted octanol–water partition coefficient (Wildman–Crippen LogP) is 7.14. The van der Waals surface area contributed by atoms with Gasteiger partial charge in [-0.15, -0.1) is 12.4 Å². The molecule has 2 saturated carbocycles. The first kappa shape index (κ1) is 23.7. The van der Waals surface area contributed by atoms with Crippen molar-refractivity contribution in [3.8, 4) is 5.75 Å². The Bertz CT molecular complexity index is 1040. The van der Waals surface area contributed by atoms with Gasteiger partial charge < -0.3 is 10.1 Å². The van der Waals surface area contributed by atoms with Crippen LogP contribution in [0.15, 0.2) is 72.8 Å². The fourth-order valence-electron chi connectivity index (χ4n) is 5.08. The molecule has 0 unspecified atom stereocenters. The number of hydrogen-bond donors (Lipinski definition) is 1. The van der Waals surface area contributed by atoms with Gasteiger partial charge in [-0.3, -0.25) is 0 Å².